The largest absolute Gasteiger partial charge is 0.465 e. The second-order valence-electron chi connectivity index (χ2n) is 5.28. The van der Waals surface area contributed by atoms with E-state index in [-0.39, 0.29) is 0 Å². The lowest BCUT2D eigenvalue weighted by Gasteiger charge is -2.12. The molecule has 1 aromatic carbocycles. The number of hydrogen-bond donors (Lipinski definition) is 0. The number of hydrogen-bond acceptors (Lipinski definition) is 5. The second-order valence-corrected chi connectivity index (χ2v) is 5.69. The summed E-state index contributed by atoms with van der Waals surface area (Å²) in [6, 6.07) is 8.77. The minimum atomic E-state index is -0.466. The number of carbonyl (C=O) groups excluding carboxylic acids is 1. The number of nitrogens with zero attached hydrogens (tertiary/aromatic N) is 2. The molecule has 1 saturated heterocycles. The summed E-state index contributed by atoms with van der Waals surface area (Å²) in [7, 11) is 1.32. The highest BCUT2D eigenvalue weighted by Crippen LogP contribution is 2.25. The number of ether oxygens (including phenoxy) is 1. The fourth-order valence-corrected chi connectivity index (χ4v) is 2.77. The topological polar surface area (TPSA) is 55.0 Å². The highest BCUT2D eigenvalue weighted by atomic mass is 35.5. The van der Waals surface area contributed by atoms with Crippen molar-refractivity contribution >= 4 is 35.4 Å². The van der Waals surface area contributed by atoms with Gasteiger partial charge in [-0.15, -0.1) is 0 Å². The third-order valence-electron chi connectivity index (χ3n) is 3.73. The first-order valence-corrected chi connectivity index (χ1v) is 7.82. The molecule has 0 radical (unpaired) electrons. The van der Waals surface area contributed by atoms with E-state index in [0.717, 1.165) is 19.0 Å². The smallest absolute Gasteiger partial charge is 0.339 e. The van der Waals surface area contributed by atoms with Crippen LogP contribution in [0.5, 0.6) is 0 Å². The summed E-state index contributed by atoms with van der Waals surface area (Å²) >= 11 is 6.07. The lowest BCUT2D eigenvalue weighted by atomic mass is 10.2. The van der Waals surface area contributed by atoms with E-state index in [1.165, 1.54) is 20.0 Å². The molecule has 23 heavy (non-hydrogen) atoms. The van der Waals surface area contributed by atoms with Crippen LogP contribution in [0.1, 0.15) is 29.0 Å². The third kappa shape index (κ3) is 3.56. The van der Waals surface area contributed by atoms with Crippen LogP contribution in [0.25, 0.3) is 0 Å². The number of rotatable bonds is 4. The van der Waals surface area contributed by atoms with E-state index < -0.39 is 5.97 Å². The van der Waals surface area contributed by atoms with Crippen molar-refractivity contribution in [3.05, 3.63) is 46.7 Å². The molecule has 5 nitrogen and oxygen atoms in total. The zero-order chi connectivity index (χ0) is 16.2. The molecule has 1 aromatic heterocycles. The van der Waals surface area contributed by atoms with E-state index >= 15 is 0 Å². The van der Waals surface area contributed by atoms with Crippen LogP contribution in [0.15, 0.2) is 39.7 Å². The molecule has 0 bridgehead atoms. The van der Waals surface area contributed by atoms with Gasteiger partial charge < -0.3 is 14.1 Å². The van der Waals surface area contributed by atoms with Crippen molar-refractivity contribution in [1.29, 1.82) is 0 Å². The molecule has 0 N–H and O–H groups in total. The summed E-state index contributed by atoms with van der Waals surface area (Å²) in [6.07, 6.45) is 4.05. The molecule has 0 unspecified atom stereocenters. The number of furan rings is 1. The molecule has 1 fully saturated rings. The van der Waals surface area contributed by atoms with Gasteiger partial charge in [0, 0.05) is 19.2 Å². The Hall–Kier alpha value is -2.27. The first kappa shape index (κ1) is 15.6. The summed E-state index contributed by atoms with van der Waals surface area (Å²) in [6.45, 7) is 2.07. The quantitative estimate of drug-likeness (QED) is 0.625. The first-order valence-electron chi connectivity index (χ1n) is 7.44. The molecular formula is C17H17ClN2O3. The van der Waals surface area contributed by atoms with E-state index in [4.69, 9.17) is 16.0 Å². The summed E-state index contributed by atoms with van der Waals surface area (Å²) < 4.78 is 10.4. The van der Waals surface area contributed by atoms with Gasteiger partial charge in [0.05, 0.1) is 29.6 Å². The standard InChI is InChI=1S/C17H17ClN2O3/c1-22-17(21)14-6-4-12(10-15(14)18)19-11-13-5-7-16(23-13)20-8-2-3-9-20/h4-7,10-11H,2-3,8-9H2,1H3. The van der Waals surface area contributed by atoms with Crippen molar-refractivity contribution in [3.8, 4) is 0 Å². The number of aliphatic imine (C=N–C) groups is 1. The molecule has 0 spiro atoms. The average molecular weight is 333 g/mol. The predicted molar refractivity (Wildman–Crippen MR) is 90.2 cm³/mol. The van der Waals surface area contributed by atoms with Crippen molar-refractivity contribution in [2.45, 2.75) is 12.8 Å². The van der Waals surface area contributed by atoms with Gasteiger partial charge in [0.15, 0.2) is 5.88 Å². The molecule has 2 aromatic rings. The maximum atomic E-state index is 11.5. The Balaban J connectivity index is 1.72. The Labute approximate surface area is 139 Å². The maximum Gasteiger partial charge on any atom is 0.339 e. The number of benzene rings is 1. The normalized spacial score (nSPS) is 14.6. The second kappa shape index (κ2) is 6.87. The van der Waals surface area contributed by atoms with Gasteiger partial charge in [-0.3, -0.25) is 4.99 Å². The first-order chi connectivity index (χ1) is 11.2. The zero-order valence-corrected chi connectivity index (χ0v) is 13.5. The molecule has 0 amide bonds. The van der Waals surface area contributed by atoms with Crippen LogP contribution in [0, 0.1) is 0 Å². The number of anilines is 1. The SMILES string of the molecule is COC(=O)c1ccc(N=Cc2ccc(N3CCCC3)o2)cc1Cl. The lowest BCUT2D eigenvalue weighted by Crippen LogP contribution is -2.16. The van der Waals surface area contributed by atoms with Gasteiger partial charge in [0.2, 0.25) is 0 Å². The Morgan fingerprint density at radius 2 is 2.09 bits per heavy atom. The summed E-state index contributed by atoms with van der Waals surface area (Å²) in [4.78, 5) is 18.0. The molecule has 0 atom stereocenters. The van der Waals surface area contributed by atoms with Gasteiger partial charge >= 0.3 is 5.97 Å². The van der Waals surface area contributed by atoms with Crippen molar-refractivity contribution in [3.63, 3.8) is 0 Å². The minimum absolute atomic E-state index is 0.309. The molecule has 1 aliphatic rings. The third-order valence-corrected chi connectivity index (χ3v) is 4.04. The van der Waals surface area contributed by atoms with Crippen LogP contribution < -0.4 is 4.90 Å². The van der Waals surface area contributed by atoms with Gasteiger partial charge in [-0.25, -0.2) is 4.79 Å². The van der Waals surface area contributed by atoms with E-state index in [0.29, 0.717) is 22.0 Å². The highest BCUT2D eigenvalue weighted by Gasteiger charge is 2.15. The summed E-state index contributed by atoms with van der Waals surface area (Å²) in [5.41, 5.74) is 0.962. The Morgan fingerprint density at radius 3 is 2.78 bits per heavy atom. The highest BCUT2D eigenvalue weighted by molar-refractivity contribution is 6.33. The Morgan fingerprint density at radius 1 is 1.30 bits per heavy atom. The van der Waals surface area contributed by atoms with Crippen molar-refractivity contribution in [2.75, 3.05) is 25.1 Å². The minimum Gasteiger partial charge on any atom is -0.465 e. The summed E-state index contributed by atoms with van der Waals surface area (Å²) in [5.74, 6) is 1.09. The molecule has 0 saturated carbocycles. The van der Waals surface area contributed by atoms with Crippen LogP contribution in [0.4, 0.5) is 11.6 Å². The Kier molecular flexibility index (Phi) is 4.67. The zero-order valence-electron chi connectivity index (χ0n) is 12.8. The maximum absolute atomic E-state index is 11.5. The number of carbonyl (C=O) groups is 1. The van der Waals surface area contributed by atoms with Crippen molar-refractivity contribution < 1.29 is 13.9 Å². The predicted octanol–water partition coefficient (Wildman–Crippen LogP) is 4.07. The van der Waals surface area contributed by atoms with Crippen LogP contribution in [0.2, 0.25) is 5.02 Å². The van der Waals surface area contributed by atoms with E-state index in [1.54, 1.807) is 24.4 Å². The molecule has 2 heterocycles. The summed E-state index contributed by atoms with van der Waals surface area (Å²) in [5, 5.41) is 0.309. The van der Waals surface area contributed by atoms with Gasteiger partial charge in [0.25, 0.3) is 0 Å². The monoisotopic (exact) mass is 332 g/mol. The van der Waals surface area contributed by atoms with E-state index in [2.05, 4.69) is 14.6 Å². The Bertz CT molecular complexity index is 733. The molecule has 1 aliphatic heterocycles. The molecule has 6 heteroatoms. The number of esters is 1. The van der Waals surface area contributed by atoms with Crippen LogP contribution in [0.3, 0.4) is 0 Å². The van der Waals surface area contributed by atoms with E-state index in [1.807, 2.05) is 12.1 Å². The molecular weight excluding hydrogens is 316 g/mol. The number of halogens is 1. The molecule has 120 valence electrons. The van der Waals surface area contributed by atoms with E-state index in [9.17, 15) is 4.79 Å². The van der Waals surface area contributed by atoms with Crippen LogP contribution >= 0.6 is 11.6 Å². The van der Waals surface area contributed by atoms with Gasteiger partial charge in [0.1, 0.15) is 5.76 Å². The van der Waals surface area contributed by atoms with Crippen LogP contribution in [-0.4, -0.2) is 32.4 Å². The van der Waals surface area contributed by atoms with Crippen LogP contribution in [-0.2, 0) is 4.74 Å². The van der Waals surface area contributed by atoms with Gasteiger partial charge in [-0.05, 0) is 37.1 Å². The van der Waals surface area contributed by atoms with Gasteiger partial charge in [-0.2, -0.15) is 0 Å². The average Bonchev–Trinajstić information content (AvgIpc) is 3.23. The lowest BCUT2D eigenvalue weighted by molar-refractivity contribution is 0.0601. The number of methoxy groups -OCH3 is 1. The fourth-order valence-electron chi connectivity index (χ4n) is 2.52. The van der Waals surface area contributed by atoms with Gasteiger partial charge in [-0.1, -0.05) is 11.6 Å². The molecule has 0 aliphatic carbocycles. The van der Waals surface area contributed by atoms with Crippen molar-refractivity contribution in [1.82, 2.24) is 0 Å². The fraction of sp³-hybridized carbons (Fsp3) is 0.294. The molecule has 3 rings (SSSR count). The van der Waals surface area contributed by atoms with Crippen molar-refractivity contribution in [2.24, 2.45) is 4.99 Å².